The number of nitrogens with zero attached hydrogens (tertiary/aromatic N) is 1. The lowest BCUT2D eigenvalue weighted by atomic mass is 10.3. The lowest BCUT2D eigenvalue weighted by Gasteiger charge is -2.11. The Morgan fingerprint density at radius 1 is 1.38 bits per heavy atom. The minimum atomic E-state index is -4.92. The van der Waals surface area contributed by atoms with E-state index < -0.39 is 26.8 Å². The largest absolute Gasteiger partial charge is 0.481 e. The fourth-order valence-electron chi connectivity index (χ4n) is 0.975. The van der Waals surface area contributed by atoms with Gasteiger partial charge in [-0.2, -0.15) is 13.2 Å². The Balaban J connectivity index is 3.52. The van der Waals surface area contributed by atoms with Gasteiger partial charge in [0, 0.05) is 6.07 Å². The zero-order valence-corrected chi connectivity index (χ0v) is 8.76. The number of methoxy groups -OCH3 is 1. The van der Waals surface area contributed by atoms with Crippen LogP contribution in [0.3, 0.4) is 0 Å². The van der Waals surface area contributed by atoms with Gasteiger partial charge in [-0.3, -0.25) is 0 Å². The van der Waals surface area contributed by atoms with Crippen LogP contribution in [0.1, 0.15) is 5.69 Å². The summed E-state index contributed by atoms with van der Waals surface area (Å²) < 4.78 is 63.6. The van der Waals surface area contributed by atoms with Gasteiger partial charge < -0.3 is 4.74 Å². The summed E-state index contributed by atoms with van der Waals surface area (Å²) in [6.07, 6.45) is -4.92. The highest BCUT2D eigenvalue weighted by Gasteiger charge is 2.38. The Labute approximate surface area is 89.1 Å². The maximum absolute atomic E-state index is 12.5. The number of hydrogen-bond donors (Lipinski definition) is 1. The first-order valence-corrected chi connectivity index (χ1v) is 5.36. The smallest absolute Gasteiger partial charge is 0.434 e. The van der Waals surface area contributed by atoms with E-state index in [2.05, 4.69) is 14.9 Å². The second kappa shape index (κ2) is 3.91. The third-order valence-electron chi connectivity index (χ3n) is 1.62. The van der Waals surface area contributed by atoms with Crippen LogP contribution in [0.4, 0.5) is 13.2 Å². The minimum Gasteiger partial charge on any atom is -0.481 e. The van der Waals surface area contributed by atoms with E-state index in [-0.39, 0.29) is 5.88 Å². The molecule has 0 aliphatic carbocycles. The zero-order valence-electron chi connectivity index (χ0n) is 7.95. The lowest BCUT2D eigenvalue weighted by molar-refractivity contribution is -0.143. The molecule has 1 aromatic rings. The summed E-state index contributed by atoms with van der Waals surface area (Å²) >= 11 is 0. The van der Waals surface area contributed by atoms with Gasteiger partial charge in [-0.15, -0.1) is 0 Å². The molecule has 0 aliphatic rings. The Kier molecular flexibility index (Phi) is 3.10. The van der Waals surface area contributed by atoms with Crippen molar-refractivity contribution in [3.05, 3.63) is 17.8 Å². The molecule has 5 nitrogen and oxygen atoms in total. The quantitative estimate of drug-likeness (QED) is 0.846. The summed E-state index contributed by atoms with van der Waals surface area (Å²) in [6.45, 7) is 0. The summed E-state index contributed by atoms with van der Waals surface area (Å²) in [6, 6.07) is 1.68. The van der Waals surface area contributed by atoms with Crippen LogP contribution in [0.5, 0.6) is 5.88 Å². The predicted molar refractivity (Wildman–Crippen MR) is 47.2 cm³/mol. The highest BCUT2D eigenvalue weighted by atomic mass is 32.2. The van der Waals surface area contributed by atoms with Gasteiger partial charge in [0.25, 0.3) is 0 Å². The van der Waals surface area contributed by atoms with E-state index in [4.69, 9.17) is 0 Å². The van der Waals surface area contributed by atoms with Crippen molar-refractivity contribution in [2.24, 2.45) is 5.14 Å². The van der Waals surface area contributed by atoms with Crippen LogP contribution in [0.25, 0.3) is 0 Å². The molecule has 9 heteroatoms. The van der Waals surface area contributed by atoms with Gasteiger partial charge in [0.05, 0.1) is 7.11 Å². The fraction of sp³-hybridized carbons (Fsp3) is 0.286. The van der Waals surface area contributed by atoms with Gasteiger partial charge in [0.15, 0.2) is 5.69 Å². The molecule has 1 rings (SSSR count). The van der Waals surface area contributed by atoms with Crippen molar-refractivity contribution in [1.82, 2.24) is 4.98 Å². The summed E-state index contributed by atoms with van der Waals surface area (Å²) in [5, 5.41) is 4.64. The SMILES string of the molecule is COc1ccc(S(N)(=O)=O)c(C(F)(F)F)n1. The summed E-state index contributed by atoms with van der Waals surface area (Å²) in [5.74, 6) is -0.347. The number of hydrogen-bond acceptors (Lipinski definition) is 4. The standard InChI is InChI=1S/C7H7F3N2O3S/c1-15-5-3-2-4(16(11,13)14)6(12-5)7(8,9)10/h2-3H,1H3,(H2,11,13,14). The maximum atomic E-state index is 12.5. The van der Waals surface area contributed by atoms with Gasteiger partial charge in [-0.1, -0.05) is 0 Å². The van der Waals surface area contributed by atoms with Crippen LogP contribution in [-0.2, 0) is 16.2 Å². The van der Waals surface area contributed by atoms with E-state index in [1.54, 1.807) is 0 Å². The number of ether oxygens (including phenoxy) is 1. The monoisotopic (exact) mass is 256 g/mol. The van der Waals surface area contributed by atoms with Crippen LogP contribution in [0.15, 0.2) is 17.0 Å². The van der Waals surface area contributed by atoms with E-state index in [0.717, 1.165) is 13.2 Å². The molecule has 0 saturated carbocycles. The Bertz CT molecular complexity index is 498. The first-order chi connectivity index (χ1) is 7.16. The summed E-state index contributed by atoms with van der Waals surface area (Å²) in [4.78, 5) is 1.94. The summed E-state index contributed by atoms with van der Waals surface area (Å²) in [5.41, 5.74) is -1.59. The normalized spacial score (nSPS) is 12.6. The number of sulfonamides is 1. The summed E-state index contributed by atoms with van der Waals surface area (Å²) in [7, 11) is -3.37. The molecule has 0 aliphatic heterocycles. The highest BCUT2D eigenvalue weighted by Crippen LogP contribution is 2.33. The fourth-order valence-corrected chi connectivity index (χ4v) is 1.66. The van der Waals surface area contributed by atoms with Crippen LogP contribution >= 0.6 is 0 Å². The molecule has 0 amide bonds. The molecule has 0 atom stereocenters. The molecule has 2 N–H and O–H groups in total. The van der Waals surface area contributed by atoms with Crippen LogP contribution in [-0.4, -0.2) is 20.5 Å². The zero-order chi connectivity index (χ0) is 12.6. The van der Waals surface area contributed by atoms with Crippen LogP contribution < -0.4 is 9.88 Å². The number of halogens is 3. The topological polar surface area (TPSA) is 82.3 Å². The van der Waals surface area contributed by atoms with Gasteiger partial charge in [0.1, 0.15) is 4.90 Å². The third-order valence-corrected chi connectivity index (χ3v) is 2.56. The number of nitrogens with two attached hydrogens (primary N) is 1. The molecule has 0 radical (unpaired) electrons. The second-order valence-corrected chi connectivity index (χ2v) is 4.27. The minimum absolute atomic E-state index is 0.347. The van der Waals surface area contributed by atoms with Crippen molar-refractivity contribution >= 4 is 10.0 Å². The average molecular weight is 256 g/mol. The first kappa shape index (κ1) is 12.7. The molecular formula is C7H7F3N2O3S. The number of aromatic nitrogens is 1. The van der Waals surface area contributed by atoms with Crippen molar-refractivity contribution in [2.45, 2.75) is 11.1 Å². The van der Waals surface area contributed by atoms with Crippen LogP contribution in [0.2, 0.25) is 0 Å². The Morgan fingerprint density at radius 3 is 2.31 bits per heavy atom. The number of rotatable bonds is 2. The molecule has 0 saturated heterocycles. The van der Waals surface area contributed by atoms with E-state index in [1.165, 1.54) is 0 Å². The molecule has 1 heterocycles. The van der Waals surface area contributed by atoms with Crippen molar-refractivity contribution < 1.29 is 26.3 Å². The number of pyridine rings is 1. The van der Waals surface area contributed by atoms with Crippen molar-refractivity contribution in [2.75, 3.05) is 7.11 Å². The van der Waals surface area contributed by atoms with Crippen molar-refractivity contribution in [3.63, 3.8) is 0 Å². The van der Waals surface area contributed by atoms with Gasteiger partial charge in [0.2, 0.25) is 15.9 Å². The molecule has 0 aromatic carbocycles. The van der Waals surface area contributed by atoms with Crippen molar-refractivity contribution in [3.8, 4) is 5.88 Å². The van der Waals surface area contributed by atoms with E-state index in [0.29, 0.717) is 6.07 Å². The van der Waals surface area contributed by atoms with Gasteiger partial charge >= 0.3 is 6.18 Å². The number of primary sulfonamides is 1. The number of alkyl halides is 3. The molecule has 90 valence electrons. The van der Waals surface area contributed by atoms with E-state index >= 15 is 0 Å². The Morgan fingerprint density at radius 2 is 1.94 bits per heavy atom. The Hall–Kier alpha value is -1.35. The van der Waals surface area contributed by atoms with E-state index in [9.17, 15) is 21.6 Å². The third kappa shape index (κ3) is 2.61. The molecular weight excluding hydrogens is 249 g/mol. The molecule has 0 unspecified atom stereocenters. The van der Waals surface area contributed by atoms with Crippen LogP contribution in [0, 0.1) is 0 Å². The van der Waals surface area contributed by atoms with Gasteiger partial charge in [-0.25, -0.2) is 18.5 Å². The average Bonchev–Trinajstić information content (AvgIpc) is 2.14. The van der Waals surface area contributed by atoms with Crippen molar-refractivity contribution in [1.29, 1.82) is 0 Å². The second-order valence-electron chi connectivity index (χ2n) is 2.74. The predicted octanol–water partition coefficient (Wildman–Crippen LogP) is 0.756. The molecule has 1 aromatic heterocycles. The molecule has 0 spiro atoms. The van der Waals surface area contributed by atoms with Gasteiger partial charge in [-0.05, 0) is 6.07 Å². The molecule has 16 heavy (non-hydrogen) atoms. The van der Waals surface area contributed by atoms with E-state index in [1.807, 2.05) is 0 Å². The highest BCUT2D eigenvalue weighted by molar-refractivity contribution is 7.89. The lowest BCUT2D eigenvalue weighted by Crippen LogP contribution is -2.20. The first-order valence-electron chi connectivity index (χ1n) is 3.81. The maximum Gasteiger partial charge on any atom is 0.434 e. The molecule has 0 bridgehead atoms. The molecule has 0 fully saturated rings.